The molecule has 2 unspecified atom stereocenters. The van der Waals surface area contributed by atoms with Crippen molar-refractivity contribution in [3.63, 3.8) is 0 Å². The van der Waals surface area contributed by atoms with Gasteiger partial charge in [-0.2, -0.15) is 5.10 Å². The standard InChI is InChI=1S/C12H20N4O/c1-8-6-11(16(2)15-8)14-12(17)9-4-3-5-10(13)7-9/h6,9-10H,3-5,7,13H2,1-2H3,(H,14,17). The van der Waals surface area contributed by atoms with E-state index in [2.05, 4.69) is 10.4 Å². The molecule has 5 heteroatoms. The second kappa shape index (κ2) is 4.87. The summed E-state index contributed by atoms with van der Waals surface area (Å²) in [6.07, 6.45) is 3.82. The largest absolute Gasteiger partial charge is 0.328 e. The van der Waals surface area contributed by atoms with Gasteiger partial charge in [-0.15, -0.1) is 0 Å². The van der Waals surface area contributed by atoms with Crippen molar-refractivity contribution in [2.75, 3.05) is 5.32 Å². The van der Waals surface area contributed by atoms with E-state index in [-0.39, 0.29) is 17.9 Å². The first-order valence-electron chi connectivity index (χ1n) is 6.13. The highest BCUT2D eigenvalue weighted by Crippen LogP contribution is 2.24. The van der Waals surface area contributed by atoms with Gasteiger partial charge in [0.25, 0.3) is 0 Å². The van der Waals surface area contributed by atoms with E-state index in [4.69, 9.17) is 5.73 Å². The van der Waals surface area contributed by atoms with Gasteiger partial charge in [0.15, 0.2) is 0 Å². The Bertz CT molecular complexity index is 413. The number of amides is 1. The summed E-state index contributed by atoms with van der Waals surface area (Å²) in [6.45, 7) is 1.91. The molecular formula is C12H20N4O. The number of carbonyl (C=O) groups is 1. The van der Waals surface area contributed by atoms with Crippen LogP contribution in [0.25, 0.3) is 0 Å². The van der Waals surface area contributed by atoms with Gasteiger partial charge in [-0.1, -0.05) is 6.42 Å². The van der Waals surface area contributed by atoms with E-state index in [1.54, 1.807) is 4.68 Å². The first kappa shape index (κ1) is 12.1. The van der Waals surface area contributed by atoms with Crippen LogP contribution in [0.3, 0.4) is 0 Å². The Morgan fingerprint density at radius 3 is 2.94 bits per heavy atom. The first-order chi connectivity index (χ1) is 8.06. The molecule has 2 atom stereocenters. The lowest BCUT2D eigenvalue weighted by atomic mass is 9.85. The lowest BCUT2D eigenvalue weighted by molar-refractivity contribution is -0.120. The Kier molecular flexibility index (Phi) is 3.47. The number of anilines is 1. The first-order valence-corrected chi connectivity index (χ1v) is 6.13. The van der Waals surface area contributed by atoms with Gasteiger partial charge in [-0.3, -0.25) is 9.48 Å². The summed E-state index contributed by atoms with van der Waals surface area (Å²) in [5.41, 5.74) is 6.80. The molecule has 1 aliphatic rings. The van der Waals surface area contributed by atoms with Crippen LogP contribution in [0.1, 0.15) is 31.4 Å². The number of aryl methyl sites for hydroxylation is 2. The highest BCUT2D eigenvalue weighted by atomic mass is 16.2. The van der Waals surface area contributed by atoms with Gasteiger partial charge in [0.05, 0.1) is 5.69 Å². The molecule has 0 radical (unpaired) electrons. The molecule has 94 valence electrons. The van der Waals surface area contributed by atoms with E-state index in [1.165, 1.54) is 0 Å². The molecule has 1 saturated carbocycles. The molecule has 0 bridgehead atoms. The molecule has 1 heterocycles. The minimum absolute atomic E-state index is 0.0500. The summed E-state index contributed by atoms with van der Waals surface area (Å²) in [5.74, 6) is 0.878. The Morgan fingerprint density at radius 2 is 2.35 bits per heavy atom. The summed E-state index contributed by atoms with van der Waals surface area (Å²) in [7, 11) is 1.83. The summed E-state index contributed by atoms with van der Waals surface area (Å²) >= 11 is 0. The lowest BCUT2D eigenvalue weighted by Gasteiger charge is -2.25. The summed E-state index contributed by atoms with van der Waals surface area (Å²) < 4.78 is 1.69. The molecule has 0 aromatic carbocycles. The van der Waals surface area contributed by atoms with E-state index in [0.29, 0.717) is 0 Å². The number of hydrogen-bond donors (Lipinski definition) is 2. The SMILES string of the molecule is Cc1cc(NC(=O)C2CCCC(N)C2)n(C)n1. The minimum atomic E-state index is 0.0500. The molecule has 0 spiro atoms. The Labute approximate surface area is 101 Å². The third-order valence-electron chi connectivity index (χ3n) is 3.34. The molecule has 5 nitrogen and oxygen atoms in total. The number of rotatable bonds is 2. The summed E-state index contributed by atoms with van der Waals surface area (Å²) in [4.78, 5) is 12.1. The quantitative estimate of drug-likeness (QED) is 0.810. The number of nitrogens with zero attached hydrogens (tertiary/aromatic N) is 2. The molecule has 3 N–H and O–H groups in total. The number of hydrogen-bond acceptors (Lipinski definition) is 3. The Morgan fingerprint density at radius 1 is 1.59 bits per heavy atom. The highest BCUT2D eigenvalue weighted by Gasteiger charge is 2.25. The van der Waals surface area contributed by atoms with Crippen molar-refractivity contribution < 1.29 is 4.79 Å². The number of aromatic nitrogens is 2. The molecule has 1 aliphatic carbocycles. The van der Waals surface area contributed by atoms with Gasteiger partial charge >= 0.3 is 0 Å². The lowest BCUT2D eigenvalue weighted by Crippen LogP contribution is -2.34. The van der Waals surface area contributed by atoms with Crippen molar-refractivity contribution in [1.82, 2.24) is 9.78 Å². The van der Waals surface area contributed by atoms with Crippen LogP contribution >= 0.6 is 0 Å². The van der Waals surface area contributed by atoms with Crippen LogP contribution < -0.4 is 11.1 Å². The monoisotopic (exact) mass is 236 g/mol. The summed E-state index contributed by atoms with van der Waals surface area (Å²) in [6, 6.07) is 2.05. The summed E-state index contributed by atoms with van der Waals surface area (Å²) in [5, 5.41) is 7.13. The molecule has 1 fully saturated rings. The maximum atomic E-state index is 12.1. The highest BCUT2D eigenvalue weighted by molar-refractivity contribution is 5.91. The maximum Gasteiger partial charge on any atom is 0.228 e. The molecule has 1 aromatic heterocycles. The Balaban J connectivity index is 1.99. The van der Waals surface area contributed by atoms with Gasteiger partial charge in [-0.25, -0.2) is 0 Å². The van der Waals surface area contributed by atoms with Gasteiger partial charge in [0.2, 0.25) is 5.91 Å². The van der Waals surface area contributed by atoms with Crippen LogP contribution in [0, 0.1) is 12.8 Å². The van der Waals surface area contributed by atoms with Gasteiger partial charge in [0.1, 0.15) is 5.82 Å². The number of carbonyl (C=O) groups excluding carboxylic acids is 1. The predicted octanol–water partition coefficient (Wildman–Crippen LogP) is 1.18. The fourth-order valence-electron chi connectivity index (χ4n) is 2.42. The van der Waals surface area contributed by atoms with Crippen molar-refractivity contribution in [1.29, 1.82) is 0 Å². The van der Waals surface area contributed by atoms with Crippen molar-refractivity contribution in [2.24, 2.45) is 18.7 Å². The van der Waals surface area contributed by atoms with E-state index in [9.17, 15) is 4.79 Å². The van der Waals surface area contributed by atoms with Crippen LogP contribution in [-0.4, -0.2) is 21.7 Å². The van der Waals surface area contributed by atoms with Crippen LogP contribution in [0.15, 0.2) is 6.07 Å². The molecule has 2 rings (SSSR count). The van der Waals surface area contributed by atoms with Gasteiger partial charge in [0, 0.05) is 25.1 Å². The zero-order valence-electron chi connectivity index (χ0n) is 10.4. The second-order valence-corrected chi connectivity index (χ2v) is 4.91. The zero-order valence-corrected chi connectivity index (χ0v) is 10.4. The molecular weight excluding hydrogens is 216 g/mol. The van der Waals surface area contributed by atoms with Crippen LogP contribution in [-0.2, 0) is 11.8 Å². The smallest absolute Gasteiger partial charge is 0.228 e. The van der Waals surface area contributed by atoms with Crippen LogP contribution in [0.5, 0.6) is 0 Å². The van der Waals surface area contributed by atoms with E-state index < -0.39 is 0 Å². The molecule has 0 saturated heterocycles. The van der Waals surface area contributed by atoms with Crippen molar-refractivity contribution in [3.8, 4) is 0 Å². The average molecular weight is 236 g/mol. The fraction of sp³-hybridized carbons (Fsp3) is 0.667. The topological polar surface area (TPSA) is 72.9 Å². The van der Waals surface area contributed by atoms with Crippen LogP contribution in [0.2, 0.25) is 0 Å². The van der Waals surface area contributed by atoms with Crippen molar-refractivity contribution >= 4 is 11.7 Å². The third-order valence-corrected chi connectivity index (χ3v) is 3.34. The molecule has 17 heavy (non-hydrogen) atoms. The maximum absolute atomic E-state index is 12.1. The van der Waals surface area contributed by atoms with E-state index in [0.717, 1.165) is 37.2 Å². The third kappa shape index (κ3) is 2.85. The fourth-order valence-corrected chi connectivity index (χ4v) is 2.42. The van der Waals surface area contributed by atoms with Crippen LogP contribution in [0.4, 0.5) is 5.82 Å². The van der Waals surface area contributed by atoms with E-state index in [1.807, 2.05) is 20.0 Å². The molecule has 1 amide bonds. The van der Waals surface area contributed by atoms with Gasteiger partial charge < -0.3 is 11.1 Å². The van der Waals surface area contributed by atoms with Crippen molar-refractivity contribution in [3.05, 3.63) is 11.8 Å². The molecule has 0 aliphatic heterocycles. The number of nitrogens with two attached hydrogens (primary N) is 1. The minimum Gasteiger partial charge on any atom is -0.328 e. The Hall–Kier alpha value is -1.36. The van der Waals surface area contributed by atoms with Crippen molar-refractivity contribution in [2.45, 2.75) is 38.6 Å². The second-order valence-electron chi connectivity index (χ2n) is 4.91. The van der Waals surface area contributed by atoms with E-state index >= 15 is 0 Å². The molecule has 1 aromatic rings. The number of nitrogens with one attached hydrogen (secondary N) is 1. The predicted molar refractivity (Wildman–Crippen MR) is 66.5 cm³/mol. The van der Waals surface area contributed by atoms with Gasteiger partial charge in [-0.05, 0) is 26.2 Å². The normalized spacial score (nSPS) is 24.6. The zero-order chi connectivity index (χ0) is 12.4. The average Bonchev–Trinajstić information content (AvgIpc) is 2.57.